The molecule has 5 aliphatic rings. The van der Waals surface area contributed by atoms with Gasteiger partial charge in [0.2, 0.25) is 17.6 Å². The lowest BCUT2D eigenvalue weighted by molar-refractivity contribution is -0.160. The molecule has 7 rings (SSSR count). The van der Waals surface area contributed by atoms with Crippen LogP contribution in [0.5, 0.6) is 0 Å². The van der Waals surface area contributed by atoms with E-state index >= 15 is 0 Å². The smallest absolute Gasteiger partial charge is 0.330 e. The highest BCUT2D eigenvalue weighted by molar-refractivity contribution is 6.09. The van der Waals surface area contributed by atoms with Gasteiger partial charge in [-0.05, 0) is 42.6 Å². The fraction of sp³-hybridized carbons (Fsp3) is 0.379. The molecule has 1 aliphatic heterocycles. The molecule has 1 saturated heterocycles. The molecule has 0 unspecified atom stereocenters. The minimum absolute atomic E-state index is 0.0726. The number of nitrogens with zero attached hydrogens (tertiary/aromatic N) is 1. The van der Waals surface area contributed by atoms with E-state index in [1.807, 2.05) is 30.3 Å². The summed E-state index contributed by atoms with van der Waals surface area (Å²) in [6, 6.07) is 16.8. The second kappa shape index (κ2) is 8.29. The maximum absolute atomic E-state index is 13.7. The van der Waals surface area contributed by atoms with Crippen LogP contribution < -0.4 is 0 Å². The van der Waals surface area contributed by atoms with Crippen LogP contribution in [-0.2, 0) is 25.5 Å². The zero-order chi connectivity index (χ0) is 24.3. The van der Waals surface area contributed by atoms with Gasteiger partial charge in [-0.25, -0.2) is 4.79 Å². The third-order valence-electron chi connectivity index (χ3n) is 8.27. The number of benzene rings is 2. The van der Waals surface area contributed by atoms with Crippen molar-refractivity contribution < 1.29 is 23.9 Å². The highest BCUT2D eigenvalue weighted by Crippen LogP contribution is 2.65. The molecule has 6 heteroatoms. The molecule has 0 radical (unpaired) electrons. The molecular formula is C29H27NO5. The van der Waals surface area contributed by atoms with Gasteiger partial charge in [-0.1, -0.05) is 72.8 Å². The van der Waals surface area contributed by atoms with Crippen molar-refractivity contribution in [3.63, 3.8) is 0 Å². The highest BCUT2D eigenvalue weighted by Gasteiger charge is 2.68. The quantitative estimate of drug-likeness (QED) is 0.269. The molecule has 8 atom stereocenters. The summed E-state index contributed by atoms with van der Waals surface area (Å²) >= 11 is 0. The van der Waals surface area contributed by atoms with Gasteiger partial charge in [0, 0.05) is 12.0 Å². The molecular weight excluding hydrogens is 442 g/mol. The number of likely N-dealkylation sites (tertiary alicyclic amines) is 1. The van der Waals surface area contributed by atoms with Gasteiger partial charge >= 0.3 is 5.97 Å². The van der Waals surface area contributed by atoms with Gasteiger partial charge in [0.1, 0.15) is 6.04 Å². The van der Waals surface area contributed by atoms with E-state index in [1.165, 1.54) is 11.8 Å². The largest absolute Gasteiger partial charge is 0.453 e. The number of ketones is 1. The standard InChI is InChI=1S/C29H27NO5/c1-16(26(31)18-10-6-3-7-11-18)35-29(34)23(14-17-8-4-2-5-9-17)30-27(32)24-19-12-13-20(22-15-21(19)22)25(24)28(30)33/h2-13,16,19-25H,14-15H2,1H3/t16-,19-,20-,21-,22+,23+,24+,25+/m1/s1. The summed E-state index contributed by atoms with van der Waals surface area (Å²) in [7, 11) is 0. The van der Waals surface area contributed by atoms with Gasteiger partial charge in [0.25, 0.3) is 0 Å². The zero-order valence-electron chi connectivity index (χ0n) is 19.4. The number of imide groups is 1. The van der Waals surface area contributed by atoms with Gasteiger partial charge in [-0.2, -0.15) is 0 Å². The molecule has 35 heavy (non-hydrogen) atoms. The van der Waals surface area contributed by atoms with E-state index in [9.17, 15) is 19.2 Å². The van der Waals surface area contributed by atoms with E-state index in [0.29, 0.717) is 17.4 Å². The maximum atomic E-state index is 13.7. The van der Waals surface area contributed by atoms with Crippen molar-refractivity contribution in [1.29, 1.82) is 0 Å². The number of esters is 1. The van der Waals surface area contributed by atoms with Crippen LogP contribution in [0.3, 0.4) is 0 Å². The first-order chi connectivity index (χ1) is 17.0. The molecule has 0 spiro atoms. The first kappa shape index (κ1) is 22.0. The lowest BCUT2D eigenvalue weighted by Crippen LogP contribution is -2.49. The average Bonchev–Trinajstić information content (AvgIpc) is 3.67. The Labute approximate surface area is 203 Å². The van der Waals surface area contributed by atoms with Crippen LogP contribution in [0.1, 0.15) is 29.3 Å². The van der Waals surface area contributed by atoms with Crippen LogP contribution in [0, 0.1) is 35.5 Å². The molecule has 2 amide bonds. The Morgan fingerprint density at radius 2 is 1.43 bits per heavy atom. The fourth-order valence-electron chi connectivity index (χ4n) is 6.55. The van der Waals surface area contributed by atoms with Crippen molar-refractivity contribution in [2.24, 2.45) is 35.5 Å². The van der Waals surface area contributed by atoms with E-state index in [0.717, 1.165) is 12.0 Å². The number of amides is 2. The molecule has 1 heterocycles. The monoisotopic (exact) mass is 469 g/mol. The molecule has 178 valence electrons. The van der Waals surface area contributed by atoms with Crippen molar-refractivity contribution in [2.75, 3.05) is 0 Å². The summed E-state index contributed by atoms with van der Waals surface area (Å²) in [5.41, 5.74) is 1.25. The summed E-state index contributed by atoms with van der Waals surface area (Å²) in [6.07, 6.45) is 4.41. The molecule has 0 aromatic heterocycles. The van der Waals surface area contributed by atoms with Gasteiger partial charge in [0.05, 0.1) is 11.8 Å². The third-order valence-corrected chi connectivity index (χ3v) is 8.27. The first-order valence-corrected chi connectivity index (χ1v) is 12.3. The zero-order valence-corrected chi connectivity index (χ0v) is 19.4. The lowest BCUT2D eigenvalue weighted by atomic mass is 9.63. The molecule has 6 nitrogen and oxygen atoms in total. The van der Waals surface area contributed by atoms with E-state index in [4.69, 9.17) is 4.74 Å². The van der Waals surface area contributed by atoms with Crippen molar-refractivity contribution in [3.05, 3.63) is 83.9 Å². The summed E-state index contributed by atoms with van der Waals surface area (Å²) < 4.78 is 5.61. The molecule has 2 saturated carbocycles. The van der Waals surface area contributed by atoms with Gasteiger partial charge in [0.15, 0.2) is 6.10 Å². The Balaban J connectivity index is 1.28. The van der Waals surface area contributed by atoms with E-state index < -0.39 is 30.0 Å². The van der Waals surface area contributed by atoms with Crippen LogP contribution >= 0.6 is 0 Å². The predicted octanol–water partition coefficient (Wildman–Crippen LogP) is 3.47. The SMILES string of the molecule is C[C@@H](OC(=O)[C@H](Cc1ccccc1)N1C(=O)[C@H]2[C@@H]3C=C[C@H]([C@@H]4C[C@H]34)[C@@H]2C1=O)C(=O)c1ccccc1. The van der Waals surface area contributed by atoms with E-state index in [2.05, 4.69) is 12.2 Å². The molecule has 2 aromatic rings. The summed E-state index contributed by atoms with van der Waals surface area (Å²) in [5, 5.41) is 0. The predicted molar refractivity (Wildman–Crippen MR) is 127 cm³/mol. The van der Waals surface area contributed by atoms with E-state index in [-0.39, 0.29) is 35.9 Å². The van der Waals surface area contributed by atoms with Crippen LogP contribution in [-0.4, -0.2) is 40.6 Å². The number of rotatable bonds is 7. The van der Waals surface area contributed by atoms with Crippen LogP contribution in [0.15, 0.2) is 72.8 Å². The number of Topliss-reactive ketones (excluding diaryl/α,β-unsaturated/α-hetero) is 1. The number of allylic oxidation sites excluding steroid dienone is 2. The Kier molecular flexibility index (Phi) is 5.20. The van der Waals surface area contributed by atoms with Gasteiger partial charge in [-0.3, -0.25) is 19.3 Å². The fourth-order valence-corrected chi connectivity index (χ4v) is 6.55. The molecule has 2 aromatic carbocycles. The molecule has 3 fully saturated rings. The van der Waals surface area contributed by atoms with Gasteiger partial charge < -0.3 is 4.74 Å². The van der Waals surface area contributed by atoms with Crippen LogP contribution in [0.2, 0.25) is 0 Å². The van der Waals surface area contributed by atoms with Crippen LogP contribution in [0.4, 0.5) is 0 Å². The summed E-state index contributed by atoms with van der Waals surface area (Å²) in [4.78, 5) is 54.8. The number of carbonyl (C=O) groups is 4. The average molecular weight is 470 g/mol. The van der Waals surface area contributed by atoms with Gasteiger partial charge in [-0.15, -0.1) is 0 Å². The Morgan fingerprint density at radius 3 is 2.00 bits per heavy atom. The number of hydrogen-bond donors (Lipinski definition) is 0. The minimum atomic E-state index is -1.11. The second-order valence-corrected chi connectivity index (χ2v) is 10.2. The molecule has 2 bridgehead atoms. The van der Waals surface area contributed by atoms with Crippen molar-refractivity contribution >= 4 is 23.6 Å². The number of ether oxygens (including phenoxy) is 1. The lowest BCUT2D eigenvalue weighted by Gasteiger charge is -2.37. The van der Waals surface area contributed by atoms with Crippen molar-refractivity contribution in [2.45, 2.75) is 31.9 Å². The Hall–Kier alpha value is -3.54. The minimum Gasteiger partial charge on any atom is -0.453 e. The number of hydrogen-bond acceptors (Lipinski definition) is 5. The maximum Gasteiger partial charge on any atom is 0.330 e. The normalized spacial score (nSPS) is 31.5. The summed E-state index contributed by atoms with van der Waals surface area (Å²) in [5.74, 6) is -1.28. The van der Waals surface area contributed by atoms with Crippen molar-refractivity contribution in [1.82, 2.24) is 4.90 Å². The van der Waals surface area contributed by atoms with Crippen molar-refractivity contribution in [3.8, 4) is 0 Å². The molecule has 0 N–H and O–H groups in total. The van der Waals surface area contributed by atoms with Crippen LogP contribution in [0.25, 0.3) is 0 Å². The Bertz CT molecular complexity index is 1190. The summed E-state index contributed by atoms with van der Waals surface area (Å²) in [6.45, 7) is 1.53. The topological polar surface area (TPSA) is 80.8 Å². The first-order valence-electron chi connectivity index (χ1n) is 12.3. The third kappa shape index (κ3) is 3.54. The number of carbonyl (C=O) groups excluding carboxylic acids is 4. The second-order valence-electron chi connectivity index (χ2n) is 10.2. The van der Waals surface area contributed by atoms with E-state index in [1.54, 1.807) is 30.3 Å². The Morgan fingerprint density at radius 1 is 0.886 bits per heavy atom. The molecule has 4 aliphatic carbocycles. The highest BCUT2D eigenvalue weighted by atomic mass is 16.5.